The third-order valence-electron chi connectivity index (χ3n) is 2.48. The van der Waals surface area contributed by atoms with E-state index >= 15 is 0 Å². The normalized spacial score (nSPS) is 10.8. The molecule has 0 amide bonds. The molecule has 2 nitrogen and oxygen atoms in total. The minimum Gasteiger partial charge on any atom is -0.495 e. The number of ether oxygens (including phenoxy) is 1. The van der Waals surface area contributed by atoms with Gasteiger partial charge in [-0.05, 0) is 30.2 Å². The van der Waals surface area contributed by atoms with Crippen LogP contribution >= 0.6 is 34.8 Å². The molecule has 2 rings (SSSR count). The lowest BCUT2D eigenvalue weighted by Gasteiger charge is -2.08. The minimum atomic E-state index is 0.472. The summed E-state index contributed by atoms with van der Waals surface area (Å²) in [6.45, 7) is 0. The summed E-state index contributed by atoms with van der Waals surface area (Å²) < 4.78 is 5.16. The van der Waals surface area contributed by atoms with Gasteiger partial charge in [-0.3, -0.25) is 0 Å². The van der Waals surface area contributed by atoms with E-state index in [1.807, 2.05) is 12.1 Å². The average Bonchev–Trinajstić information content (AvgIpc) is 2.30. The highest BCUT2D eigenvalue weighted by Crippen LogP contribution is 2.31. The van der Waals surface area contributed by atoms with Crippen LogP contribution in [-0.2, 0) is 6.42 Å². The van der Waals surface area contributed by atoms with Gasteiger partial charge in [0.15, 0.2) is 0 Å². The van der Waals surface area contributed by atoms with Gasteiger partial charge in [0.05, 0.1) is 17.6 Å². The number of nitrogens with zero attached hydrogens (tertiary/aromatic N) is 1. The molecule has 2 aromatic rings. The van der Waals surface area contributed by atoms with Crippen molar-refractivity contribution in [1.29, 1.82) is 0 Å². The van der Waals surface area contributed by atoms with Crippen LogP contribution in [-0.4, -0.2) is 18.0 Å². The standard InChI is InChI=1S/C12H10Cl3NO/c1-17-11-5-8-4-7(2-3-13)12(15)16-10(8)6-9(11)14/h4-6H,2-3H2,1H3. The quantitative estimate of drug-likeness (QED) is 0.620. The average molecular weight is 291 g/mol. The van der Waals surface area contributed by atoms with Crippen LogP contribution in [0.2, 0.25) is 10.2 Å². The summed E-state index contributed by atoms with van der Waals surface area (Å²) in [4.78, 5) is 4.30. The monoisotopic (exact) mass is 289 g/mol. The molecule has 90 valence electrons. The molecule has 17 heavy (non-hydrogen) atoms. The Bertz CT molecular complexity index is 557. The first-order valence-electron chi connectivity index (χ1n) is 5.04. The third kappa shape index (κ3) is 2.59. The van der Waals surface area contributed by atoms with Crippen LogP contribution in [0, 0.1) is 0 Å². The van der Waals surface area contributed by atoms with Crippen LogP contribution in [0.3, 0.4) is 0 Å². The number of methoxy groups -OCH3 is 1. The molecule has 1 aromatic carbocycles. The molecular formula is C12H10Cl3NO. The van der Waals surface area contributed by atoms with Gasteiger partial charge < -0.3 is 4.74 Å². The zero-order valence-corrected chi connectivity index (χ0v) is 11.4. The van der Waals surface area contributed by atoms with Gasteiger partial charge in [0, 0.05) is 11.3 Å². The lowest BCUT2D eigenvalue weighted by molar-refractivity contribution is 0.415. The Morgan fingerprint density at radius 1 is 1.24 bits per heavy atom. The highest BCUT2D eigenvalue weighted by Gasteiger charge is 2.08. The Kier molecular flexibility index (Phi) is 3.97. The molecule has 0 fully saturated rings. The van der Waals surface area contributed by atoms with Crippen molar-refractivity contribution in [1.82, 2.24) is 4.98 Å². The Morgan fingerprint density at radius 3 is 2.65 bits per heavy atom. The second-order valence-corrected chi connectivity index (χ2v) is 4.70. The molecule has 0 unspecified atom stereocenters. The highest BCUT2D eigenvalue weighted by molar-refractivity contribution is 6.33. The van der Waals surface area contributed by atoms with E-state index in [0.29, 0.717) is 28.2 Å². The van der Waals surface area contributed by atoms with E-state index in [2.05, 4.69) is 4.98 Å². The van der Waals surface area contributed by atoms with Crippen molar-refractivity contribution in [3.05, 3.63) is 33.9 Å². The fraction of sp³-hybridized carbons (Fsp3) is 0.250. The van der Waals surface area contributed by atoms with E-state index in [-0.39, 0.29) is 0 Å². The van der Waals surface area contributed by atoms with E-state index in [0.717, 1.165) is 16.5 Å². The number of aryl methyl sites for hydroxylation is 1. The number of hydrogen-bond donors (Lipinski definition) is 0. The summed E-state index contributed by atoms with van der Waals surface area (Å²) in [5, 5.41) is 1.93. The SMILES string of the molecule is COc1cc2cc(CCCl)c(Cl)nc2cc1Cl. The predicted molar refractivity (Wildman–Crippen MR) is 72.7 cm³/mol. The number of alkyl halides is 1. The molecule has 0 saturated carbocycles. The van der Waals surface area contributed by atoms with E-state index in [1.165, 1.54) is 0 Å². The number of pyridine rings is 1. The summed E-state index contributed by atoms with van der Waals surface area (Å²) in [5.41, 5.74) is 1.68. The Morgan fingerprint density at radius 2 is 2.00 bits per heavy atom. The molecule has 0 radical (unpaired) electrons. The number of fused-ring (bicyclic) bond motifs is 1. The summed E-state index contributed by atoms with van der Waals surface area (Å²) >= 11 is 17.8. The Labute approximate surface area is 114 Å². The van der Waals surface area contributed by atoms with Crippen LogP contribution in [0.25, 0.3) is 10.9 Å². The zero-order chi connectivity index (χ0) is 12.4. The second-order valence-electron chi connectivity index (χ2n) is 3.56. The van der Waals surface area contributed by atoms with Crippen LogP contribution in [0.5, 0.6) is 5.75 Å². The van der Waals surface area contributed by atoms with Crippen LogP contribution in [0.4, 0.5) is 0 Å². The largest absolute Gasteiger partial charge is 0.495 e. The van der Waals surface area contributed by atoms with Crippen LogP contribution < -0.4 is 4.74 Å². The van der Waals surface area contributed by atoms with Crippen molar-refractivity contribution in [3.63, 3.8) is 0 Å². The summed E-state index contributed by atoms with van der Waals surface area (Å²) in [7, 11) is 1.58. The topological polar surface area (TPSA) is 22.1 Å². The zero-order valence-electron chi connectivity index (χ0n) is 9.14. The molecule has 0 N–H and O–H groups in total. The molecule has 1 aromatic heterocycles. The molecule has 0 aliphatic rings. The molecule has 0 aliphatic heterocycles. The number of hydrogen-bond acceptors (Lipinski definition) is 2. The molecular weight excluding hydrogens is 280 g/mol. The van der Waals surface area contributed by atoms with Gasteiger partial charge in [-0.25, -0.2) is 4.98 Å². The molecule has 0 atom stereocenters. The summed E-state index contributed by atoms with van der Waals surface area (Å²) in [6, 6.07) is 5.55. The van der Waals surface area contributed by atoms with Gasteiger partial charge in [-0.15, -0.1) is 11.6 Å². The van der Waals surface area contributed by atoms with Crippen molar-refractivity contribution >= 4 is 45.7 Å². The van der Waals surface area contributed by atoms with Crippen LogP contribution in [0.15, 0.2) is 18.2 Å². The number of benzene rings is 1. The van der Waals surface area contributed by atoms with Gasteiger partial charge in [0.2, 0.25) is 0 Å². The first-order valence-corrected chi connectivity index (χ1v) is 6.33. The lowest BCUT2D eigenvalue weighted by atomic mass is 10.1. The molecule has 5 heteroatoms. The molecule has 1 heterocycles. The van der Waals surface area contributed by atoms with Crippen molar-refractivity contribution in [2.75, 3.05) is 13.0 Å². The molecule has 0 spiro atoms. The maximum Gasteiger partial charge on any atom is 0.138 e. The first-order chi connectivity index (χ1) is 8.15. The van der Waals surface area contributed by atoms with E-state index in [1.54, 1.807) is 13.2 Å². The van der Waals surface area contributed by atoms with E-state index in [9.17, 15) is 0 Å². The number of halogens is 3. The van der Waals surface area contributed by atoms with Crippen LogP contribution in [0.1, 0.15) is 5.56 Å². The molecule has 0 aliphatic carbocycles. The summed E-state index contributed by atoms with van der Waals surface area (Å²) in [6.07, 6.45) is 0.689. The lowest BCUT2D eigenvalue weighted by Crippen LogP contribution is -1.93. The van der Waals surface area contributed by atoms with Gasteiger partial charge in [0.25, 0.3) is 0 Å². The van der Waals surface area contributed by atoms with Gasteiger partial charge in [-0.2, -0.15) is 0 Å². The summed E-state index contributed by atoms with van der Waals surface area (Å²) in [5.74, 6) is 1.14. The third-order valence-corrected chi connectivity index (χ3v) is 3.29. The number of rotatable bonds is 3. The van der Waals surface area contributed by atoms with E-state index in [4.69, 9.17) is 39.5 Å². The molecule has 0 bridgehead atoms. The van der Waals surface area contributed by atoms with Crippen molar-refractivity contribution in [3.8, 4) is 5.75 Å². The second kappa shape index (κ2) is 5.30. The minimum absolute atomic E-state index is 0.472. The van der Waals surface area contributed by atoms with Gasteiger partial charge in [-0.1, -0.05) is 23.2 Å². The van der Waals surface area contributed by atoms with Crippen molar-refractivity contribution in [2.45, 2.75) is 6.42 Å². The maximum atomic E-state index is 6.06. The highest BCUT2D eigenvalue weighted by atomic mass is 35.5. The molecule has 0 saturated heterocycles. The van der Waals surface area contributed by atoms with Gasteiger partial charge in [0.1, 0.15) is 10.9 Å². The van der Waals surface area contributed by atoms with Gasteiger partial charge >= 0.3 is 0 Å². The smallest absolute Gasteiger partial charge is 0.138 e. The van der Waals surface area contributed by atoms with Crippen molar-refractivity contribution < 1.29 is 4.74 Å². The Hall–Kier alpha value is -0.700. The fourth-order valence-electron chi connectivity index (χ4n) is 1.63. The van der Waals surface area contributed by atoms with Crippen molar-refractivity contribution in [2.24, 2.45) is 0 Å². The number of aromatic nitrogens is 1. The Balaban J connectivity index is 2.62. The first kappa shape index (κ1) is 12.7. The maximum absolute atomic E-state index is 6.06. The predicted octanol–water partition coefficient (Wildman–Crippen LogP) is 4.33. The fourth-order valence-corrected chi connectivity index (χ4v) is 2.31. The van der Waals surface area contributed by atoms with E-state index < -0.39 is 0 Å².